The molecule has 0 unspecified atom stereocenters. The van der Waals surface area contributed by atoms with Crippen LogP contribution in [0.25, 0.3) is 0 Å². The number of anilines is 5. The number of hydrogen-bond donors (Lipinski definition) is 2. The van der Waals surface area contributed by atoms with Crippen LogP contribution in [-0.4, -0.2) is 61.8 Å². The maximum Gasteiger partial charge on any atom is 0.229 e. The predicted octanol–water partition coefficient (Wildman–Crippen LogP) is 5.15. The first-order valence-electron chi connectivity index (χ1n) is 12.2. The van der Waals surface area contributed by atoms with Crippen LogP contribution in [0.2, 0.25) is 5.02 Å². The van der Waals surface area contributed by atoms with Gasteiger partial charge in [-0.3, -0.25) is 0 Å². The van der Waals surface area contributed by atoms with Crippen molar-refractivity contribution in [1.29, 1.82) is 5.26 Å². The number of para-hydroxylation sites is 1. The van der Waals surface area contributed by atoms with Gasteiger partial charge in [0.25, 0.3) is 0 Å². The van der Waals surface area contributed by atoms with Gasteiger partial charge in [0.1, 0.15) is 10.8 Å². The number of ether oxygens (including phenoxy) is 1. The summed E-state index contributed by atoms with van der Waals surface area (Å²) in [6.45, 7) is 4.13. The molecule has 0 radical (unpaired) electrons. The molecule has 0 aliphatic carbocycles. The molecule has 2 N–H and O–H groups in total. The van der Waals surface area contributed by atoms with Crippen molar-refractivity contribution in [1.82, 2.24) is 14.9 Å². The van der Waals surface area contributed by atoms with Crippen molar-refractivity contribution in [3.8, 4) is 6.07 Å². The predicted molar refractivity (Wildman–Crippen MR) is 146 cm³/mol. The van der Waals surface area contributed by atoms with E-state index in [2.05, 4.69) is 43.7 Å². The van der Waals surface area contributed by atoms with Gasteiger partial charge in [0.05, 0.1) is 36.7 Å². The molecule has 1 aliphatic heterocycles. The first-order valence-corrected chi connectivity index (χ1v) is 12.6. The van der Waals surface area contributed by atoms with Gasteiger partial charge in [0.15, 0.2) is 5.82 Å². The molecule has 0 saturated heterocycles. The Morgan fingerprint density at radius 1 is 1.19 bits per heavy atom. The van der Waals surface area contributed by atoms with Gasteiger partial charge in [-0.1, -0.05) is 23.7 Å². The molecule has 10 heteroatoms. The molecule has 2 aromatic carbocycles. The second-order valence-electron chi connectivity index (χ2n) is 8.92. The Bertz CT molecular complexity index is 1270. The summed E-state index contributed by atoms with van der Waals surface area (Å²) in [6.07, 6.45) is 3.76. The molecule has 0 fully saturated rings. The highest BCUT2D eigenvalue weighted by molar-refractivity contribution is 6.33. The molecule has 1 aromatic heterocycles. The quantitative estimate of drug-likeness (QED) is 0.377. The van der Waals surface area contributed by atoms with Crippen LogP contribution in [0.4, 0.5) is 33.2 Å². The van der Waals surface area contributed by atoms with Crippen LogP contribution in [-0.2, 0) is 17.6 Å². The third-order valence-electron chi connectivity index (χ3n) is 6.42. The summed E-state index contributed by atoms with van der Waals surface area (Å²) in [7, 11) is 3.54. The molecule has 4 rings (SSSR count). The summed E-state index contributed by atoms with van der Waals surface area (Å²) < 4.78 is 20.0. The fourth-order valence-corrected chi connectivity index (χ4v) is 4.49. The molecule has 0 bridgehead atoms. The van der Waals surface area contributed by atoms with E-state index in [1.54, 1.807) is 26.3 Å². The largest absolute Gasteiger partial charge is 0.383 e. The van der Waals surface area contributed by atoms with Crippen molar-refractivity contribution in [3.63, 3.8) is 0 Å². The van der Waals surface area contributed by atoms with Gasteiger partial charge in [0.2, 0.25) is 5.95 Å². The van der Waals surface area contributed by atoms with Crippen molar-refractivity contribution in [3.05, 3.63) is 64.6 Å². The lowest BCUT2D eigenvalue weighted by Crippen LogP contribution is -2.29. The second-order valence-corrected chi connectivity index (χ2v) is 9.33. The van der Waals surface area contributed by atoms with Gasteiger partial charge in [-0.2, -0.15) is 10.2 Å². The van der Waals surface area contributed by atoms with Crippen molar-refractivity contribution in [2.45, 2.75) is 19.3 Å². The Balaban J connectivity index is 1.51. The van der Waals surface area contributed by atoms with Gasteiger partial charge < -0.3 is 25.2 Å². The summed E-state index contributed by atoms with van der Waals surface area (Å²) in [6, 6.07) is 13.2. The zero-order chi connectivity index (χ0) is 26.2. The first-order chi connectivity index (χ1) is 18.0. The fourth-order valence-electron chi connectivity index (χ4n) is 4.35. The number of rotatable bonds is 10. The molecule has 0 atom stereocenters. The molecule has 194 valence electrons. The Kier molecular flexibility index (Phi) is 9.12. The number of nitrogens with zero attached hydrogens (tertiary/aromatic N) is 5. The minimum Gasteiger partial charge on any atom is -0.383 e. The normalized spacial score (nSPS) is 13.4. The third-order valence-corrected chi connectivity index (χ3v) is 6.69. The maximum absolute atomic E-state index is 14.8. The molecular weight excluding hydrogens is 493 g/mol. The van der Waals surface area contributed by atoms with E-state index in [0.717, 1.165) is 44.8 Å². The van der Waals surface area contributed by atoms with Crippen molar-refractivity contribution >= 4 is 40.4 Å². The van der Waals surface area contributed by atoms with E-state index >= 15 is 0 Å². The molecule has 2 heterocycles. The molecule has 0 saturated carbocycles. The summed E-state index contributed by atoms with van der Waals surface area (Å²) in [5.41, 5.74) is 4.36. The Morgan fingerprint density at radius 3 is 2.78 bits per heavy atom. The van der Waals surface area contributed by atoms with Crippen molar-refractivity contribution in [2.75, 3.05) is 62.5 Å². The van der Waals surface area contributed by atoms with E-state index in [1.807, 2.05) is 11.0 Å². The van der Waals surface area contributed by atoms with E-state index in [0.29, 0.717) is 24.6 Å². The first kappa shape index (κ1) is 26.6. The number of aromatic nitrogens is 2. The van der Waals surface area contributed by atoms with Crippen LogP contribution in [0.3, 0.4) is 0 Å². The van der Waals surface area contributed by atoms with Gasteiger partial charge >= 0.3 is 0 Å². The SMILES string of the molecule is COCCN1CCc2ccc(Nc3ncc(Cl)c(Nc4c(F)cccc4N(C)CCC#N)n3)cc2CC1. The monoisotopic (exact) mass is 523 g/mol. The number of fused-ring (bicyclic) bond motifs is 1. The Labute approximate surface area is 222 Å². The minimum absolute atomic E-state index is 0.234. The molecule has 1 aliphatic rings. The standard InChI is InChI=1S/C27H31ClFN7O/c1-35(12-4-11-30)24-6-3-5-23(29)25(24)33-26-22(28)18-31-27(34-26)32-21-8-7-19-9-13-36(15-16-37-2)14-10-20(19)17-21/h3,5-8,17-18H,4,9-10,12-16H2,1-2H3,(H2,31,32,33,34). The maximum atomic E-state index is 14.8. The van der Waals surface area contributed by atoms with E-state index in [4.69, 9.17) is 21.6 Å². The van der Waals surface area contributed by atoms with Crippen molar-refractivity contribution < 1.29 is 9.13 Å². The van der Waals surface area contributed by atoms with E-state index in [9.17, 15) is 4.39 Å². The van der Waals surface area contributed by atoms with Crippen LogP contribution in [0, 0.1) is 17.1 Å². The van der Waals surface area contributed by atoms with Crippen molar-refractivity contribution in [2.24, 2.45) is 0 Å². The van der Waals surface area contributed by atoms with E-state index in [1.165, 1.54) is 23.4 Å². The average Bonchev–Trinajstić information content (AvgIpc) is 3.11. The molecule has 0 amide bonds. The molecule has 0 spiro atoms. The zero-order valence-corrected chi connectivity index (χ0v) is 21.9. The Morgan fingerprint density at radius 2 is 2.00 bits per heavy atom. The average molecular weight is 524 g/mol. The number of nitrogens with one attached hydrogen (secondary N) is 2. The van der Waals surface area contributed by atoms with Gasteiger partial charge in [0, 0.05) is 46.0 Å². The Hall–Kier alpha value is -3.45. The number of nitriles is 1. The summed E-state index contributed by atoms with van der Waals surface area (Å²) >= 11 is 6.37. The zero-order valence-electron chi connectivity index (χ0n) is 21.1. The van der Waals surface area contributed by atoms with E-state index < -0.39 is 5.82 Å². The summed E-state index contributed by atoms with van der Waals surface area (Å²) in [5.74, 6) is 0.177. The van der Waals surface area contributed by atoms with Gasteiger partial charge in [-0.25, -0.2) is 9.37 Å². The van der Waals surface area contributed by atoms with Gasteiger partial charge in [-0.05, 0) is 48.2 Å². The lowest BCUT2D eigenvalue weighted by Gasteiger charge is -2.22. The van der Waals surface area contributed by atoms with E-state index in [-0.39, 0.29) is 16.5 Å². The molecule has 37 heavy (non-hydrogen) atoms. The fraction of sp³-hybridized carbons (Fsp3) is 0.370. The van der Waals surface area contributed by atoms with Crippen LogP contribution >= 0.6 is 11.6 Å². The minimum atomic E-state index is -0.448. The van der Waals surface area contributed by atoms with Crippen LogP contribution in [0.15, 0.2) is 42.6 Å². The molecule has 8 nitrogen and oxygen atoms in total. The topological polar surface area (TPSA) is 89.3 Å². The number of methoxy groups -OCH3 is 1. The smallest absolute Gasteiger partial charge is 0.229 e. The summed E-state index contributed by atoms with van der Waals surface area (Å²) in [4.78, 5) is 13.1. The molecular formula is C27H31ClFN7O. The highest BCUT2D eigenvalue weighted by Gasteiger charge is 2.17. The van der Waals surface area contributed by atoms with Crippen LogP contribution in [0.5, 0.6) is 0 Å². The second kappa shape index (κ2) is 12.7. The number of halogens is 2. The van der Waals surface area contributed by atoms with Crippen LogP contribution in [0.1, 0.15) is 17.5 Å². The lowest BCUT2D eigenvalue weighted by molar-refractivity contribution is 0.150. The van der Waals surface area contributed by atoms with Gasteiger partial charge in [-0.15, -0.1) is 0 Å². The summed E-state index contributed by atoms with van der Waals surface area (Å²) in [5, 5.41) is 15.5. The highest BCUT2D eigenvalue weighted by atomic mass is 35.5. The molecule has 3 aromatic rings. The van der Waals surface area contributed by atoms with Crippen LogP contribution < -0.4 is 15.5 Å². The number of hydrogen-bond acceptors (Lipinski definition) is 8. The number of benzene rings is 2. The lowest BCUT2D eigenvalue weighted by atomic mass is 10.0. The third kappa shape index (κ3) is 6.86. The highest BCUT2D eigenvalue weighted by Crippen LogP contribution is 2.33.